The molecular formula is C8H20N4O2. The third kappa shape index (κ3) is 17.1. The van der Waals surface area contributed by atoms with Crippen molar-refractivity contribution in [1.82, 2.24) is 0 Å². The van der Waals surface area contributed by atoms with E-state index in [0.29, 0.717) is 13.0 Å². The number of carboxylic acid groups (broad SMARTS) is 1. The van der Waals surface area contributed by atoms with Crippen molar-refractivity contribution in [1.29, 1.82) is 5.41 Å². The molecule has 1 unspecified atom stereocenters. The summed E-state index contributed by atoms with van der Waals surface area (Å²) in [5.41, 5.74) is 15.1. The first-order chi connectivity index (χ1) is 6.41. The van der Waals surface area contributed by atoms with Crippen LogP contribution in [-0.2, 0) is 4.79 Å². The summed E-state index contributed by atoms with van der Waals surface area (Å²) >= 11 is 0. The minimum atomic E-state index is -0.933. The molecule has 0 aromatic carbocycles. The summed E-state index contributed by atoms with van der Waals surface area (Å²) in [4.78, 5) is 10.1. The lowest BCUT2D eigenvalue weighted by Gasteiger charge is -2.03. The van der Waals surface area contributed by atoms with Crippen molar-refractivity contribution in [2.45, 2.75) is 32.2 Å². The van der Waals surface area contributed by atoms with Crippen LogP contribution in [0.3, 0.4) is 0 Å². The predicted octanol–water partition coefficient (Wildman–Crippen LogP) is -0.530. The van der Waals surface area contributed by atoms with Gasteiger partial charge in [0.2, 0.25) is 0 Å². The highest BCUT2D eigenvalue weighted by atomic mass is 16.4. The van der Waals surface area contributed by atoms with E-state index in [-0.39, 0.29) is 5.84 Å². The lowest BCUT2D eigenvalue weighted by Crippen LogP contribution is -2.29. The number of nitrogens with one attached hydrogen (secondary N) is 1. The van der Waals surface area contributed by atoms with Gasteiger partial charge in [-0.15, -0.1) is 0 Å². The van der Waals surface area contributed by atoms with E-state index in [1.165, 1.54) is 6.92 Å². The predicted molar refractivity (Wildman–Crippen MR) is 56.1 cm³/mol. The second-order valence-corrected chi connectivity index (χ2v) is 2.91. The Bertz CT molecular complexity index is 169. The van der Waals surface area contributed by atoms with Gasteiger partial charge < -0.3 is 22.3 Å². The Labute approximate surface area is 84.0 Å². The van der Waals surface area contributed by atoms with Gasteiger partial charge in [0.05, 0.1) is 5.84 Å². The molecule has 0 saturated heterocycles. The molecule has 0 amide bonds. The average Bonchev–Trinajstić information content (AvgIpc) is 2.03. The number of rotatable bonds is 5. The Morgan fingerprint density at radius 2 is 1.93 bits per heavy atom. The highest BCUT2D eigenvalue weighted by Crippen LogP contribution is 1.96. The molecule has 0 aliphatic rings. The second kappa shape index (κ2) is 9.94. The van der Waals surface area contributed by atoms with Crippen LogP contribution in [0, 0.1) is 5.41 Å². The van der Waals surface area contributed by atoms with Gasteiger partial charge in [0.1, 0.15) is 6.04 Å². The van der Waals surface area contributed by atoms with Crippen LogP contribution in [0.1, 0.15) is 26.2 Å². The van der Waals surface area contributed by atoms with Crippen molar-refractivity contribution in [3.8, 4) is 0 Å². The third-order valence-corrected chi connectivity index (χ3v) is 1.29. The van der Waals surface area contributed by atoms with E-state index in [9.17, 15) is 4.79 Å². The van der Waals surface area contributed by atoms with Crippen LogP contribution >= 0.6 is 0 Å². The number of hydrogen-bond acceptors (Lipinski definition) is 4. The molecule has 0 heterocycles. The molecule has 14 heavy (non-hydrogen) atoms. The molecule has 0 aliphatic heterocycles. The molecule has 0 saturated carbocycles. The number of carbonyl (C=O) groups is 1. The maximum absolute atomic E-state index is 10.1. The van der Waals surface area contributed by atoms with Crippen LogP contribution in [0.2, 0.25) is 0 Å². The van der Waals surface area contributed by atoms with Gasteiger partial charge in [-0.25, -0.2) is 0 Å². The van der Waals surface area contributed by atoms with Crippen molar-refractivity contribution in [2.24, 2.45) is 17.2 Å². The average molecular weight is 204 g/mol. The van der Waals surface area contributed by atoms with Crippen LogP contribution in [0.15, 0.2) is 0 Å². The van der Waals surface area contributed by atoms with Gasteiger partial charge in [-0.2, -0.15) is 0 Å². The van der Waals surface area contributed by atoms with Crippen molar-refractivity contribution in [2.75, 3.05) is 6.54 Å². The molecule has 0 rings (SSSR count). The molecule has 1 atom stereocenters. The van der Waals surface area contributed by atoms with Crippen molar-refractivity contribution < 1.29 is 9.90 Å². The van der Waals surface area contributed by atoms with Crippen LogP contribution in [0.25, 0.3) is 0 Å². The lowest BCUT2D eigenvalue weighted by molar-refractivity contribution is -0.138. The zero-order chi connectivity index (χ0) is 11.6. The summed E-state index contributed by atoms with van der Waals surface area (Å²) < 4.78 is 0. The first kappa shape index (κ1) is 15.3. The molecule has 6 nitrogen and oxygen atoms in total. The second-order valence-electron chi connectivity index (χ2n) is 2.91. The quantitative estimate of drug-likeness (QED) is 0.233. The molecular weight excluding hydrogens is 184 g/mol. The van der Waals surface area contributed by atoms with Gasteiger partial charge in [-0.1, -0.05) is 6.42 Å². The normalized spacial score (nSPS) is 11.1. The molecule has 0 radical (unpaired) electrons. The minimum Gasteiger partial charge on any atom is -0.480 e. The smallest absolute Gasteiger partial charge is 0.320 e. The Kier molecular flexibility index (Phi) is 10.9. The SMILES string of the molecule is CC(=N)N.NCCCCC(N)C(=O)O. The van der Waals surface area contributed by atoms with Crippen molar-refractivity contribution in [3.05, 3.63) is 0 Å². The number of amidine groups is 1. The van der Waals surface area contributed by atoms with Crippen molar-refractivity contribution in [3.63, 3.8) is 0 Å². The summed E-state index contributed by atoms with van der Waals surface area (Å²) in [6, 6.07) is -0.716. The van der Waals surface area contributed by atoms with E-state index in [1.54, 1.807) is 0 Å². The molecule has 0 aliphatic carbocycles. The maximum Gasteiger partial charge on any atom is 0.320 e. The topological polar surface area (TPSA) is 139 Å². The Balaban J connectivity index is 0. The number of unbranched alkanes of at least 4 members (excludes halogenated alkanes) is 1. The largest absolute Gasteiger partial charge is 0.480 e. The number of aliphatic carboxylic acids is 1. The van der Waals surface area contributed by atoms with Gasteiger partial charge in [0.25, 0.3) is 0 Å². The third-order valence-electron chi connectivity index (χ3n) is 1.29. The summed E-state index contributed by atoms with van der Waals surface area (Å²) in [5, 5.41) is 14.6. The summed E-state index contributed by atoms with van der Waals surface area (Å²) in [6.45, 7) is 2.13. The summed E-state index contributed by atoms with van der Waals surface area (Å²) in [6.07, 6.45) is 2.16. The van der Waals surface area contributed by atoms with Crippen LogP contribution < -0.4 is 17.2 Å². The van der Waals surface area contributed by atoms with Crippen molar-refractivity contribution >= 4 is 11.8 Å². The van der Waals surface area contributed by atoms with Gasteiger partial charge in [-0.05, 0) is 26.3 Å². The van der Waals surface area contributed by atoms with E-state index >= 15 is 0 Å². The fourth-order valence-corrected chi connectivity index (χ4v) is 0.632. The molecule has 0 spiro atoms. The van der Waals surface area contributed by atoms with Crippen LogP contribution in [-0.4, -0.2) is 29.5 Å². The van der Waals surface area contributed by atoms with Gasteiger partial charge in [-0.3, -0.25) is 10.2 Å². The lowest BCUT2D eigenvalue weighted by atomic mass is 10.1. The fourth-order valence-electron chi connectivity index (χ4n) is 0.632. The maximum atomic E-state index is 10.1. The monoisotopic (exact) mass is 204 g/mol. The zero-order valence-electron chi connectivity index (χ0n) is 8.49. The molecule has 6 heteroatoms. The molecule has 0 aromatic rings. The van der Waals surface area contributed by atoms with Crippen LogP contribution in [0.4, 0.5) is 0 Å². The van der Waals surface area contributed by atoms with E-state index in [2.05, 4.69) is 0 Å². The Morgan fingerprint density at radius 3 is 2.21 bits per heavy atom. The Hall–Kier alpha value is -1.14. The van der Waals surface area contributed by atoms with E-state index in [4.69, 9.17) is 27.7 Å². The highest BCUT2D eigenvalue weighted by Gasteiger charge is 2.09. The summed E-state index contributed by atoms with van der Waals surface area (Å²) in [7, 11) is 0. The molecule has 8 N–H and O–H groups in total. The molecule has 0 fully saturated rings. The highest BCUT2D eigenvalue weighted by molar-refractivity contribution is 5.73. The molecule has 84 valence electrons. The fraction of sp³-hybridized carbons (Fsp3) is 0.750. The van der Waals surface area contributed by atoms with Gasteiger partial charge >= 0.3 is 5.97 Å². The zero-order valence-corrected chi connectivity index (χ0v) is 8.49. The number of hydrogen-bond donors (Lipinski definition) is 5. The molecule has 0 bridgehead atoms. The van der Waals surface area contributed by atoms with E-state index in [1.807, 2.05) is 0 Å². The molecule has 0 aromatic heterocycles. The standard InChI is InChI=1S/C6H14N2O2.C2H6N2/c7-4-2-1-3-5(8)6(9)10;1-2(3)4/h5H,1-4,7-8H2,(H,9,10);1H3,(H3,3,4). The number of nitrogens with two attached hydrogens (primary N) is 3. The van der Waals surface area contributed by atoms with Crippen LogP contribution in [0.5, 0.6) is 0 Å². The van der Waals surface area contributed by atoms with E-state index < -0.39 is 12.0 Å². The first-order valence-corrected chi connectivity index (χ1v) is 4.40. The number of carboxylic acids is 1. The Morgan fingerprint density at radius 1 is 1.50 bits per heavy atom. The first-order valence-electron chi connectivity index (χ1n) is 4.40. The van der Waals surface area contributed by atoms with Gasteiger partial charge in [0, 0.05) is 0 Å². The minimum absolute atomic E-state index is 0.167. The van der Waals surface area contributed by atoms with Gasteiger partial charge in [0.15, 0.2) is 0 Å². The summed E-state index contributed by atoms with van der Waals surface area (Å²) in [5.74, 6) is -0.767. The van der Waals surface area contributed by atoms with E-state index in [0.717, 1.165) is 12.8 Å².